The van der Waals surface area contributed by atoms with Crippen LogP contribution in [-0.4, -0.2) is 26.2 Å². The average molecular weight is 323 g/mol. The maximum Gasteiger partial charge on any atom is 0.358 e. The number of benzene rings is 2. The Bertz CT molecular complexity index is 854. The predicted molar refractivity (Wildman–Crippen MR) is 89.0 cm³/mol. The van der Waals surface area contributed by atoms with Crippen LogP contribution in [-0.2, 0) is 0 Å². The Kier molecular flexibility index (Phi) is 4.29. The van der Waals surface area contributed by atoms with Gasteiger partial charge in [-0.25, -0.2) is 4.79 Å². The zero-order valence-electron chi connectivity index (χ0n) is 13.4. The molecule has 0 fully saturated rings. The molecule has 6 nitrogen and oxygen atoms in total. The lowest BCUT2D eigenvalue weighted by atomic mass is 9.93. The van der Waals surface area contributed by atoms with Crippen molar-refractivity contribution in [2.75, 3.05) is 0 Å². The van der Waals surface area contributed by atoms with Crippen LogP contribution < -0.4 is 4.84 Å². The van der Waals surface area contributed by atoms with Crippen molar-refractivity contribution >= 4 is 5.97 Å². The summed E-state index contributed by atoms with van der Waals surface area (Å²) in [5.41, 5.74) is 3.40. The van der Waals surface area contributed by atoms with Crippen LogP contribution in [0.4, 0.5) is 0 Å². The summed E-state index contributed by atoms with van der Waals surface area (Å²) in [7, 11) is 0. The van der Waals surface area contributed by atoms with E-state index in [9.17, 15) is 4.79 Å². The Hall–Kier alpha value is -3.15. The Morgan fingerprint density at radius 3 is 2.46 bits per heavy atom. The predicted octanol–water partition coefficient (Wildman–Crippen LogP) is 3.61. The monoisotopic (exact) mass is 323 g/mol. The molecule has 3 aromatic rings. The van der Waals surface area contributed by atoms with Crippen molar-refractivity contribution < 1.29 is 14.7 Å². The van der Waals surface area contributed by atoms with E-state index in [2.05, 4.69) is 36.3 Å². The number of hydrogen-bond donors (Lipinski definition) is 1. The van der Waals surface area contributed by atoms with E-state index in [0.717, 1.165) is 10.4 Å². The van der Waals surface area contributed by atoms with Gasteiger partial charge in [-0.2, -0.15) is 0 Å². The van der Waals surface area contributed by atoms with Gasteiger partial charge in [0, 0.05) is 0 Å². The second kappa shape index (κ2) is 6.54. The van der Waals surface area contributed by atoms with Gasteiger partial charge in [0.15, 0.2) is 11.4 Å². The Morgan fingerprint density at radius 1 is 1.12 bits per heavy atom. The van der Waals surface area contributed by atoms with Crippen molar-refractivity contribution in [2.24, 2.45) is 0 Å². The molecular weight excluding hydrogens is 306 g/mol. The molecule has 1 N–H and O–H groups in total. The quantitative estimate of drug-likeness (QED) is 0.776. The van der Waals surface area contributed by atoms with Crippen LogP contribution in [0.15, 0.2) is 54.7 Å². The van der Waals surface area contributed by atoms with Gasteiger partial charge in [0.05, 0.1) is 0 Å². The number of nitrogens with zero attached hydrogens (tertiary/aromatic N) is 3. The highest BCUT2D eigenvalue weighted by molar-refractivity contribution is 5.84. The summed E-state index contributed by atoms with van der Waals surface area (Å²) < 4.78 is 0. The van der Waals surface area contributed by atoms with Gasteiger partial charge < -0.3 is 9.94 Å². The maximum absolute atomic E-state index is 10.8. The molecule has 1 heterocycles. The number of carboxylic acid groups (broad SMARTS) is 1. The average Bonchev–Trinajstić information content (AvgIpc) is 3.04. The third-order valence-electron chi connectivity index (χ3n) is 3.64. The lowest BCUT2D eigenvalue weighted by molar-refractivity contribution is 0.0690. The summed E-state index contributed by atoms with van der Waals surface area (Å²) in [5, 5.41) is 15.9. The maximum atomic E-state index is 10.8. The van der Waals surface area contributed by atoms with Crippen molar-refractivity contribution in [3.05, 3.63) is 66.0 Å². The highest BCUT2D eigenvalue weighted by Crippen LogP contribution is 2.30. The summed E-state index contributed by atoms with van der Waals surface area (Å²) >= 11 is 0. The zero-order chi connectivity index (χ0) is 17.1. The molecule has 0 amide bonds. The highest BCUT2D eigenvalue weighted by Gasteiger charge is 2.10. The van der Waals surface area contributed by atoms with Crippen LogP contribution in [0.1, 0.15) is 35.8 Å². The highest BCUT2D eigenvalue weighted by atomic mass is 16.7. The van der Waals surface area contributed by atoms with Gasteiger partial charge in [-0.15, -0.1) is 5.10 Å². The van der Waals surface area contributed by atoms with Crippen LogP contribution in [0.3, 0.4) is 0 Å². The molecule has 6 heteroatoms. The van der Waals surface area contributed by atoms with Crippen LogP contribution in [0.25, 0.3) is 11.1 Å². The molecule has 0 radical (unpaired) electrons. The second-order valence-electron chi connectivity index (χ2n) is 5.67. The number of aromatic nitrogens is 3. The first-order valence-electron chi connectivity index (χ1n) is 7.58. The molecule has 0 aliphatic heterocycles. The number of rotatable bonds is 5. The van der Waals surface area contributed by atoms with Gasteiger partial charge in [0.25, 0.3) is 0 Å². The summed E-state index contributed by atoms with van der Waals surface area (Å²) in [6.45, 7) is 4.34. The van der Waals surface area contributed by atoms with E-state index in [1.807, 2.05) is 36.4 Å². The third kappa shape index (κ3) is 3.27. The normalized spacial score (nSPS) is 10.8. The van der Waals surface area contributed by atoms with Gasteiger partial charge in [-0.05, 0) is 40.0 Å². The van der Waals surface area contributed by atoms with E-state index in [1.54, 1.807) is 0 Å². The second-order valence-corrected chi connectivity index (χ2v) is 5.67. The van der Waals surface area contributed by atoms with Crippen molar-refractivity contribution in [1.29, 1.82) is 0 Å². The number of carbonyl (C=O) groups is 1. The topological polar surface area (TPSA) is 77.2 Å². The Labute approximate surface area is 139 Å². The van der Waals surface area contributed by atoms with Crippen molar-refractivity contribution in [2.45, 2.75) is 19.8 Å². The van der Waals surface area contributed by atoms with E-state index in [0.29, 0.717) is 11.7 Å². The molecule has 0 aliphatic carbocycles. The first kappa shape index (κ1) is 15.7. The molecule has 2 aromatic carbocycles. The van der Waals surface area contributed by atoms with E-state index in [4.69, 9.17) is 9.94 Å². The fourth-order valence-electron chi connectivity index (χ4n) is 2.46. The van der Waals surface area contributed by atoms with Crippen molar-refractivity contribution in [3.63, 3.8) is 0 Å². The van der Waals surface area contributed by atoms with E-state index in [-0.39, 0.29) is 5.69 Å². The molecule has 24 heavy (non-hydrogen) atoms. The standard InChI is InChI=1S/C18H17N3O3/c1-12(2)15-5-3-4-6-16(15)13-7-9-14(10-8-13)24-21-11-17(18(22)23)19-20-21/h3-12H,1-2H3,(H,22,23). The van der Waals surface area contributed by atoms with Gasteiger partial charge >= 0.3 is 5.97 Å². The molecule has 0 saturated heterocycles. The summed E-state index contributed by atoms with van der Waals surface area (Å²) in [5.74, 6) is -0.171. The van der Waals surface area contributed by atoms with Gasteiger partial charge in [-0.3, -0.25) is 0 Å². The third-order valence-corrected chi connectivity index (χ3v) is 3.64. The van der Waals surface area contributed by atoms with Gasteiger partial charge in [0.2, 0.25) is 0 Å². The lowest BCUT2D eigenvalue weighted by Crippen LogP contribution is -2.05. The summed E-state index contributed by atoms with van der Waals surface area (Å²) in [6.07, 6.45) is 1.21. The van der Waals surface area contributed by atoms with Crippen molar-refractivity contribution in [3.8, 4) is 16.9 Å². The molecule has 0 bridgehead atoms. The lowest BCUT2D eigenvalue weighted by Gasteiger charge is -2.13. The molecule has 0 saturated carbocycles. The van der Waals surface area contributed by atoms with E-state index >= 15 is 0 Å². The van der Waals surface area contributed by atoms with E-state index < -0.39 is 5.97 Å². The molecular formula is C18H17N3O3. The molecule has 0 atom stereocenters. The van der Waals surface area contributed by atoms with Crippen LogP contribution in [0, 0.1) is 0 Å². The van der Waals surface area contributed by atoms with E-state index in [1.165, 1.54) is 17.3 Å². The molecule has 122 valence electrons. The van der Waals surface area contributed by atoms with Gasteiger partial charge in [0.1, 0.15) is 6.20 Å². The van der Waals surface area contributed by atoms with Crippen LogP contribution >= 0.6 is 0 Å². The fourth-order valence-corrected chi connectivity index (χ4v) is 2.46. The minimum atomic E-state index is -1.15. The SMILES string of the molecule is CC(C)c1ccccc1-c1ccc(On2cc(C(=O)O)nn2)cc1. The summed E-state index contributed by atoms with van der Waals surface area (Å²) in [6, 6.07) is 15.9. The zero-order valence-corrected chi connectivity index (χ0v) is 13.4. The largest absolute Gasteiger partial charge is 0.476 e. The minimum absolute atomic E-state index is 0.169. The molecule has 3 rings (SSSR count). The first-order chi connectivity index (χ1) is 11.5. The van der Waals surface area contributed by atoms with Crippen LogP contribution in [0.5, 0.6) is 5.75 Å². The van der Waals surface area contributed by atoms with Crippen LogP contribution in [0.2, 0.25) is 0 Å². The van der Waals surface area contributed by atoms with Crippen molar-refractivity contribution in [1.82, 2.24) is 15.2 Å². The first-order valence-corrected chi connectivity index (χ1v) is 7.58. The number of carboxylic acids is 1. The Morgan fingerprint density at radius 2 is 1.83 bits per heavy atom. The molecule has 0 spiro atoms. The van der Waals surface area contributed by atoms with Gasteiger partial charge in [-0.1, -0.05) is 55.1 Å². The smallest absolute Gasteiger partial charge is 0.358 e. The molecule has 1 aromatic heterocycles. The summed E-state index contributed by atoms with van der Waals surface area (Å²) in [4.78, 5) is 17.3. The fraction of sp³-hybridized carbons (Fsp3) is 0.167. The Balaban J connectivity index is 1.82. The number of hydrogen-bond acceptors (Lipinski definition) is 4. The minimum Gasteiger partial charge on any atom is -0.476 e. The number of aromatic carboxylic acids is 1. The molecule has 0 unspecified atom stereocenters. The molecule has 0 aliphatic rings.